The van der Waals surface area contributed by atoms with Crippen LogP contribution in [0.2, 0.25) is 0 Å². The number of carbonyl (C=O) groups excluding carboxylic acids is 2. The molecule has 3 aromatic rings. The third-order valence-electron chi connectivity index (χ3n) is 3.55. The van der Waals surface area contributed by atoms with E-state index in [-0.39, 0.29) is 25.6 Å². The minimum absolute atomic E-state index is 0.144. The van der Waals surface area contributed by atoms with Gasteiger partial charge in [-0.05, 0) is 47.8 Å². The molecule has 0 amide bonds. The summed E-state index contributed by atoms with van der Waals surface area (Å²) in [6, 6.07) is 19.4. The quantitative estimate of drug-likeness (QED) is 0.333. The van der Waals surface area contributed by atoms with Crippen LogP contribution in [0, 0.1) is 0 Å². The van der Waals surface area contributed by atoms with Gasteiger partial charge in [-0.2, -0.15) is 0 Å². The summed E-state index contributed by atoms with van der Waals surface area (Å²) < 4.78 is 15.9. The van der Waals surface area contributed by atoms with Gasteiger partial charge in [0.15, 0.2) is 0 Å². The van der Waals surface area contributed by atoms with Gasteiger partial charge in [0.05, 0.1) is 12.0 Å². The Bertz CT molecular complexity index is 857. The molecule has 1 aromatic heterocycles. The van der Waals surface area contributed by atoms with E-state index in [0.29, 0.717) is 11.3 Å². The number of ether oxygens (including phenoxy) is 3. The van der Waals surface area contributed by atoms with E-state index in [1.54, 1.807) is 24.3 Å². The molecule has 0 bridgehead atoms. The predicted molar refractivity (Wildman–Crippen MR) is 102 cm³/mol. The normalized spacial score (nSPS) is 10.2. The zero-order valence-corrected chi connectivity index (χ0v) is 15.3. The van der Waals surface area contributed by atoms with E-state index in [0.717, 1.165) is 10.6 Å². The first kappa shape index (κ1) is 18.7. The topological polar surface area (TPSA) is 61.8 Å². The van der Waals surface area contributed by atoms with Crippen LogP contribution >= 0.6 is 11.3 Å². The van der Waals surface area contributed by atoms with Gasteiger partial charge in [0.2, 0.25) is 0 Å². The summed E-state index contributed by atoms with van der Waals surface area (Å²) in [5.74, 6) is 0.316. The fraction of sp³-hybridized carbons (Fsp3) is 0.143. The van der Waals surface area contributed by atoms with Crippen LogP contribution in [-0.2, 0) is 16.0 Å². The molecule has 5 nitrogen and oxygen atoms in total. The van der Waals surface area contributed by atoms with Gasteiger partial charge in [-0.1, -0.05) is 24.3 Å². The summed E-state index contributed by atoms with van der Waals surface area (Å²) in [5, 5.41) is 1.91. The molecule has 0 atom stereocenters. The third-order valence-corrected chi connectivity index (χ3v) is 4.43. The van der Waals surface area contributed by atoms with Crippen molar-refractivity contribution in [2.45, 2.75) is 6.42 Å². The standard InChI is InChI=1S/C21H18O5S/c22-20(15-19-7-4-14-27-19)26-18-10-8-16(9-11-18)21(23)25-13-12-24-17-5-2-1-3-6-17/h1-11,14H,12-13,15H2. The Morgan fingerprint density at radius 3 is 2.30 bits per heavy atom. The zero-order valence-electron chi connectivity index (χ0n) is 14.5. The summed E-state index contributed by atoms with van der Waals surface area (Å²) in [7, 11) is 0. The van der Waals surface area contributed by atoms with E-state index < -0.39 is 5.97 Å². The molecule has 1 heterocycles. The fourth-order valence-electron chi connectivity index (χ4n) is 2.28. The Morgan fingerprint density at radius 1 is 0.815 bits per heavy atom. The van der Waals surface area contributed by atoms with Crippen molar-refractivity contribution in [3.05, 3.63) is 82.6 Å². The van der Waals surface area contributed by atoms with Crippen LogP contribution in [0.1, 0.15) is 15.2 Å². The molecule has 0 saturated heterocycles. The second-order valence-electron chi connectivity index (χ2n) is 5.55. The average Bonchev–Trinajstić information content (AvgIpc) is 3.19. The van der Waals surface area contributed by atoms with E-state index in [9.17, 15) is 9.59 Å². The number of rotatable bonds is 8. The highest BCUT2D eigenvalue weighted by molar-refractivity contribution is 7.10. The van der Waals surface area contributed by atoms with Gasteiger partial charge in [0, 0.05) is 4.88 Å². The van der Waals surface area contributed by atoms with Crippen molar-refractivity contribution in [2.75, 3.05) is 13.2 Å². The molecule has 0 spiro atoms. The SMILES string of the molecule is O=C(Cc1cccs1)Oc1ccc(C(=O)OCCOc2ccccc2)cc1. The molecule has 0 saturated carbocycles. The lowest BCUT2D eigenvalue weighted by Gasteiger charge is -2.08. The lowest BCUT2D eigenvalue weighted by atomic mass is 10.2. The third kappa shape index (κ3) is 5.97. The van der Waals surface area contributed by atoms with Crippen molar-refractivity contribution >= 4 is 23.3 Å². The maximum atomic E-state index is 12.0. The van der Waals surface area contributed by atoms with E-state index >= 15 is 0 Å². The Morgan fingerprint density at radius 2 is 1.59 bits per heavy atom. The van der Waals surface area contributed by atoms with Gasteiger partial charge in [-0.15, -0.1) is 11.3 Å². The van der Waals surface area contributed by atoms with Gasteiger partial charge in [0.25, 0.3) is 0 Å². The summed E-state index contributed by atoms with van der Waals surface area (Å²) in [5.41, 5.74) is 0.382. The number of esters is 2. The molecule has 2 aromatic carbocycles. The van der Waals surface area contributed by atoms with E-state index in [1.807, 2.05) is 47.8 Å². The predicted octanol–water partition coefficient (Wildman–Crippen LogP) is 4.13. The Hall–Kier alpha value is -3.12. The summed E-state index contributed by atoms with van der Waals surface area (Å²) >= 11 is 1.50. The zero-order chi connectivity index (χ0) is 18.9. The number of hydrogen-bond donors (Lipinski definition) is 0. The van der Waals surface area contributed by atoms with Crippen molar-refractivity contribution in [3.8, 4) is 11.5 Å². The summed E-state index contributed by atoms with van der Waals surface area (Å²) in [6.07, 6.45) is 0.225. The van der Waals surface area contributed by atoms with Crippen molar-refractivity contribution in [1.82, 2.24) is 0 Å². The second-order valence-corrected chi connectivity index (χ2v) is 6.58. The first-order valence-electron chi connectivity index (χ1n) is 8.39. The molecule has 6 heteroatoms. The number of hydrogen-bond acceptors (Lipinski definition) is 6. The van der Waals surface area contributed by atoms with E-state index in [1.165, 1.54) is 11.3 Å². The van der Waals surface area contributed by atoms with Gasteiger partial charge in [0.1, 0.15) is 24.7 Å². The van der Waals surface area contributed by atoms with E-state index in [4.69, 9.17) is 14.2 Å². The van der Waals surface area contributed by atoms with Crippen molar-refractivity contribution < 1.29 is 23.8 Å². The maximum Gasteiger partial charge on any atom is 0.338 e. The minimum Gasteiger partial charge on any atom is -0.490 e. The highest BCUT2D eigenvalue weighted by atomic mass is 32.1. The van der Waals surface area contributed by atoms with Crippen LogP contribution in [0.15, 0.2) is 72.1 Å². The number of para-hydroxylation sites is 1. The molecule has 0 unspecified atom stereocenters. The molecule has 138 valence electrons. The molecular weight excluding hydrogens is 364 g/mol. The highest BCUT2D eigenvalue weighted by Crippen LogP contribution is 2.16. The number of benzene rings is 2. The first-order chi connectivity index (χ1) is 13.2. The highest BCUT2D eigenvalue weighted by Gasteiger charge is 2.10. The fourth-order valence-corrected chi connectivity index (χ4v) is 2.97. The Labute approximate surface area is 161 Å². The first-order valence-corrected chi connectivity index (χ1v) is 9.27. The summed E-state index contributed by atoms with van der Waals surface area (Å²) in [4.78, 5) is 24.8. The van der Waals surface area contributed by atoms with E-state index in [2.05, 4.69) is 0 Å². The van der Waals surface area contributed by atoms with Crippen LogP contribution in [0.5, 0.6) is 11.5 Å². The average molecular weight is 382 g/mol. The van der Waals surface area contributed by atoms with Crippen LogP contribution < -0.4 is 9.47 Å². The van der Waals surface area contributed by atoms with Crippen LogP contribution in [0.25, 0.3) is 0 Å². The van der Waals surface area contributed by atoms with Crippen molar-refractivity contribution in [3.63, 3.8) is 0 Å². The van der Waals surface area contributed by atoms with Crippen molar-refractivity contribution in [2.24, 2.45) is 0 Å². The lowest BCUT2D eigenvalue weighted by molar-refractivity contribution is -0.133. The van der Waals surface area contributed by atoms with Crippen LogP contribution in [0.4, 0.5) is 0 Å². The minimum atomic E-state index is -0.455. The van der Waals surface area contributed by atoms with Crippen LogP contribution in [0.3, 0.4) is 0 Å². The molecule has 3 rings (SSSR count). The molecule has 27 heavy (non-hydrogen) atoms. The Balaban J connectivity index is 1.42. The molecule has 0 aliphatic carbocycles. The van der Waals surface area contributed by atoms with Gasteiger partial charge in [-0.25, -0.2) is 4.79 Å². The molecule has 0 radical (unpaired) electrons. The molecular formula is C21H18O5S. The van der Waals surface area contributed by atoms with Gasteiger partial charge >= 0.3 is 11.9 Å². The molecule has 0 aliphatic rings. The number of carbonyl (C=O) groups is 2. The Kier molecular flexibility index (Phi) is 6.60. The molecule has 0 N–H and O–H groups in total. The smallest absolute Gasteiger partial charge is 0.338 e. The monoisotopic (exact) mass is 382 g/mol. The largest absolute Gasteiger partial charge is 0.490 e. The van der Waals surface area contributed by atoms with Gasteiger partial charge < -0.3 is 14.2 Å². The maximum absolute atomic E-state index is 12.0. The summed E-state index contributed by atoms with van der Waals surface area (Å²) in [6.45, 7) is 0.416. The van der Waals surface area contributed by atoms with Gasteiger partial charge in [-0.3, -0.25) is 4.79 Å². The lowest BCUT2D eigenvalue weighted by Crippen LogP contribution is -2.13. The van der Waals surface area contributed by atoms with Crippen LogP contribution in [-0.4, -0.2) is 25.2 Å². The molecule has 0 aliphatic heterocycles. The second kappa shape index (κ2) is 9.54. The molecule has 0 fully saturated rings. The van der Waals surface area contributed by atoms with Crippen molar-refractivity contribution in [1.29, 1.82) is 0 Å². The number of thiophene rings is 1.